The van der Waals surface area contributed by atoms with Crippen molar-refractivity contribution < 1.29 is 9.18 Å². The van der Waals surface area contributed by atoms with Crippen molar-refractivity contribution in [2.45, 2.75) is 24.3 Å². The molecule has 0 aliphatic rings. The van der Waals surface area contributed by atoms with Crippen molar-refractivity contribution in [3.63, 3.8) is 0 Å². The van der Waals surface area contributed by atoms with Crippen molar-refractivity contribution in [1.82, 2.24) is 24.7 Å². The number of carbonyl (C=O) groups excluding carboxylic acids is 1. The summed E-state index contributed by atoms with van der Waals surface area (Å²) in [6.45, 7) is 3.74. The number of amides is 1. The normalized spacial score (nSPS) is 12.1. The number of benzene rings is 3. The Kier molecular flexibility index (Phi) is 5.96. The number of aromatic nitrogens is 5. The third-order valence-electron chi connectivity index (χ3n) is 5.48. The highest BCUT2D eigenvalue weighted by molar-refractivity contribution is 8.00. The van der Waals surface area contributed by atoms with E-state index in [0.29, 0.717) is 33.3 Å². The molecule has 3 N–H and O–H groups in total. The first-order valence-corrected chi connectivity index (χ1v) is 11.7. The molecule has 0 spiro atoms. The quantitative estimate of drug-likeness (QED) is 0.301. The summed E-state index contributed by atoms with van der Waals surface area (Å²) in [5.74, 6) is -0.309. The number of anilines is 1. The van der Waals surface area contributed by atoms with Gasteiger partial charge in [0.2, 0.25) is 5.91 Å². The predicted octanol–water partition coefficient (Wildman–Crippen LogP) is 4.67. The first kappa shape index (κ1) is 22.6. The van der Waals surface area contributed by atoms with Crippen molar-refractivity contribution >= 4 is 34.4 Å². The zero-order valence-electron chi connectivity index (χ0n) is 18.9. The molecule has 1 atom stereocenters. The minimum Gasteiger partial charge on any atom is -0.325 e. The van der Waals surface area contributed by atoms with Gasteiger partial charge < -0.3 is 15.3 Å². The molecule has 0 bridgehead atoms. The number of nitrogens with one attached hydrogen (secondary N) is 3. The molecule has 2 aromatic heterocycles. The summed E-state index contributed by atoms with van der Waals surface area (Å²) in [7, 11) is 0. The number of aryl methyl sites for hydroxylation is 1. The molecule has 0 aliphatic carbocycles. The van der Waals surface area contributed by atoms with Crippen LogP contribution in [0.15, 0.2) is 76.7 Å². The molecule has 3 aromatic carbocycles. The van der Waals surface area contributed by atoms with Gasteiger partial charge in [-0.25, -0.2) is 9.18 Å². The van der Waals surface area contributed by atoms with E-state index in [-0.39, 0.29) is 11.6 Å². The van der Waals surface area contributed by atoms with Crippen molar-refractivity contribution in [1.29, 1.82) is 0 Å². The van der Waals surface area contributed by atoms with Crippen LogP contribution in [0, 0.1) is 12.7 Å². The SMILES string of the molecule is Cc1ccc(-n2c(SC(C)C(=O)Nc3ccc4[nH]c(=O)[nH]c4c3)nnc2-c2ccccc2F)cc1. The summed E-state index contributed by atoms with van der Waals surface area (Å²) in [6, 6.07) is 19.2. The Hall–Kier alpha value is -4.18. The summed E-state index contributed by atoms with van der Waals surface area (Å²) in [5, 5.41) is 11.3. The Morgan fingerprint density at radius 3 is 2.54 bits per heavy atom. The topological polar surface area (TPSA) is 108 Å². The van der Waals surface area contributed by atoms with Crippen LogP contribution in [0.25, 0.3) is 28.1 Å². The number of imidazole rings is 1. The molecule has 5 aromatic rings. The fourth-order valence-electron chi connectivity index (χ4n) is 3.66. The molecule has 0 saturated carbocycles. The van der Waals surface area contributed by atoms with E-state index >= 15 is 0 Å². The van der Waals surface area contributed by atoms with Crippen LogP contribution in [0.1, 0.15) is 12.5 Å². The van der Waals surface area contributed by atoms with Gasteiger partial charge >= 0.3 is 5.69 Å². The summed E-state index contributed by atoms with van der Waals surface area (Å²) in [6.07, 6.45) is 0. The number of rotatable bonds is 6. The molecule has 2 heterocycles. The molecule has 5 rings (SSSR count). The monoisotopic (exact) mass is 488 g/mol. The summed E-state index contributed by atoms with van der Waals surface area (Å²) in [5.41, 5.74) is 3.65. The van der Waals surface area contributed by atoms with Crippen molar-refractivity contribution in [3.05, 3.63) is 88.6 Å². The molecule has 176 valence electrons. The molecular weight excluding hydrogens is 467 g/mol. The van der Waals surface area contributed by atoms with Gasteiger partial charge in [0.05, 0.1) is 21.8 Å². The van der Waals surface area contributed by atoms with E-state index in [1.165, 1.54) is 17.8 Å². The van der Waals surface area contributed by atoms with E-state index in [2.05, 4.69) is 25.5 Å². The number of thioether (sulfide) groups is 1. The Balaban J connectivity index is 1.44. The van der Waals surface area contributed by atoms with Gasteiger partial charge in [0.15, 0.2) is 11.0 Å². The Morgan fingerprint density at radius 2 is 1.77 bits per heavy atom. The molecule has 0 fully saturated rings. The van der Waals surface area contributed by atoms with Gasteiger partial charge in [-0.05, 0) is 56.3 Å². The molecule has 0 radical (unpaired) electrons. The van der Waals surface area contributed by atoms with Gasteiger partial charge in [-0.3, -0.25) is 9.36 Å². The first-order chi connectivity index (χ1) is 16.9. The van der Waals surface area contributed by atoms with Crippen molar-refractivity contribution in [2.24, 2.45) is 0 Å². The minimum absolute atomic E-state index is 0.252. The van der Waals surface area contributed by atoms with Gasteiger partial charge in [-0.1, -0.05) is 41.6 Å². The fraction of sp³-hybridized carbons (Fsp3) is 0.120. The van der Waals surface area contributed by atoms with Crippen LogP contribution < -0.4 is 11.0 Å². The van der Waals surface area contributed by atoms with E-state index in [9.17, 15) is 14.0 Å². The summed E-state index contributed by atoms with van der Waals surface area (Å²) < 4.78 is 16.4. The lowest BCUT2D eigenvalue weighted by Gasteiger charge is -2.14. The molecule has 35 heavy (non-hydrogen) atoms. The van der Waals surface area contributed by atoms with E-state index in [1.807, 2.05) is 31.2 Å². The van der Waals surface area contributed by atoms with Crippen molar-refractivity contribution in [2.75, 3.05) is 5.32 Å². The zero-order valence-corrected chi connectivity index (χ0v) is 19.7. The smallest absolute Gasteiger partial charge is 0.323 e. The first-order valence-electron chi connectivity index (χ1n) is 10.9. The highest BCUT2D eigenvalue weighted by Crippen LogP contribution is 2.31. The highest BCUT2D eigenvalue weighted by atomic mass is 32.2. The van der Waals surface area contributed by atoms with Gasteiger partial charge in [-0.15, -0.1) is 10.2 Å². The second kappa shape index (κ2) is 9.22. The Morgan fingerprint density at radius 1 is 1.03 bits per heavy atom. The molecule has 10 heteroatoms. The van der Waals surface area contributed by atoms with E-state index < -0.39 is 11.1 Å². The predicted molar refractivity (Wildman–Crippen MR) is 134 cm³/mol. The van der Waals surface area contributed by atoms with Crippen LogP contribution in [0.3, 0.4) is 0 Å². The zero-order chi connectivity index (χ0) is 24.5. The maximum atomic E-state index is 14.6. The second-order valence-corrected chi connectivity index (χ2v) is 9.35. The number of halogens is 1. The lowest BCUT2D eigenvalue weighted by molar-refractivity contribution is -0.115. The molecular formula is C25H21FN6O2S. The number of nitrogens with zero attached hydrogens (tertiary/aromatic N) is 3. The van der Waals surface area contributed by atoms with Crippen LogP contribution in [0.5, 0.6) is 0 Å². The average molecular weight is 489 g/mol. The van der Waals surface area contributed by atoms with E-state index in [0.717, 1.165) is 11.3 Å². The standard InChI is InChI=1S/C25H21FN6O2S/c1-14-7-10-17(11-8-14)32-22(18-5-3-4-6-19(18)26)30-31-25(32)35-15(2)23(33)27-16-9-12-20-21(13-16)29-24(34)28-20/h3-13,15H,1-2H3,(H,27,33)(H2,28,29,34). The molecule has 8 nitrogen and oxygen atoms in total. The van der Waals surface area contributed by atoms with E-state index in [1.54, 1.807) is 47.9 Å². The number of aromatic amines is 2. The lowest BCUT2D eigenvalue weighted by atomic mass is 10.2. The number of H-pyrrole nitrogens is 2. The highest BCUT2D eigenvalue weighted by Gasteiger charge is 2.23. The maximum Gasteiger partial charge on any atom is 0.323 e. The molecule has 0 aliphatic heterocycles. The number of hydrogen-bond acceptors (Lipinski definition) is 5. The summed E-state index contributed by atoms with van der Waals surface area (Å²) >= 11 is 1.22. The third kappa shape index (κ3) is 4.60. The molecule has 1 amide bonds. The van der Waals surface area contributed by atoms with Gasteiger partial charge in [0.25, 0.3) is 0 Å². The van der Waals surface area contributed by atoms with Gasteiger partial charge in [0, 0.05) is 11.4 Å². The van der Waals surface area contributed by atoms with Gasteiger partial charge in [0.1, 0.15) is 5.82 Å². The third-order valence-corrected chi connectivity index (χ3v) is 6.52. The number of fused-ring (bicyclic) bond motifs is 1. The minimum atomic E-state index is -0.544. The molecule has 1 unspecified atom stereocenters. The van der Waals surface area contributed by atoms with Crippen LogP contribution in [-0.2, 0) is 4.79 Å². The lowest BCUT2D eigenvalue weighted by Crippen LogP contribution is -2.22. The Labute approximate surface area is 203 Å². The largest absolute Gasteiger partial charge is 0.325 e. The van der Waals surface area contributed by atoms with Crippen molar-refractivity contribution in [3.8, 4) is 17.1 Å². The van der Waals surface area contributed by atoms with Crippen LogP contribution in [0.2, 0.25) is 0 Å². The van der Waals surface area contributed by atoms with Crippen LogP contribution in [-0.4, -0.2) is 35.9 Å². The fourth-order valence-corrected chi connectivity index (χ4v) is 4.52. The Bertz CT molecular complexity index is 1590. The van der Waals surface area contributed by atoms with Gasteiger partial charge in [-0.2, -0.15) is 0 Å². The summed E-state index contributed by atoms with van der Waals surface area (Å²) in [4.78, 5) is 29.8. The number of hydrogen-bond donors (Lipinski definition) is 3. The average Bonchev–Trinajstić information content (AvgIpc) is 3.42. The van der Waals surface area contributed by atoms with Crippen LogP contribution in [0.4, 0.5) is 10.1 Å². The molecule has 0 saturated heterocycles. The number of carbonyl (C=O) groups is 1. The van der Waals surface area contributed by atoms with Crippen LogP contribution >= 0.6 is 11.8 Å². The van der Waals surface area contributed by atoms with E-state index in [4.69, 9.17) is 0 Å². The second-order valence-electron chi connectivity index (χ2n) is 8.05. The maximum absolute atomic E-state index is 14.6.